The molecule has 1 atom stereocenters. The summed E-state index contributed by atoms with van der Waals surface area (Å²) in [5.41, 5.74) is 1.32. The second kappa shape index (κ2) is 15.1. The van der Waals surface area contributed by atoms with Crippen LogP contribution in [0.1, 0.15) is 24.8 Å². The number of ether oxygens (including phenoxy) is 3. The van der Waals surface area contributed by atoms with Gasteiger partial charge in [-0.15, -0.1) is 0 Å². The summed E-state index contributed by atoms with van der Waals surface area (Å²) in [6, 6.07) is 16.7. The van der Waals surface area contributed by atoms with E-state index in [1.54, 1.807) is 30.3 Å². The number of halogens is 2. The van der Waals surface area contributed by atoms with Crippen LogP contribution >= 0.6 is 12.2 Å². The fourth-order valence-electron chi connectivity index (χ4n) is 5.06. The summed E-state index contributed by atoms with van der Waals surface area (Å²) in [6.07, 6.45) is 2.78. The largest absolute Gasteiger partial charge is 0.493 e. The first-order valence-corrected chi connectivity index (χ1v) is 15.0. The summed E-state index contributed by atoms with van der Waals surface area (Å²) >= 11 is 5.16. The molecule has 0 bridgehead atoms. The van der Waals surface area contributed by atoms with Gasteiger partial charge in [0.05, 0.1) is 19.0 Å². The fourth-order valence-corrected chi connectivity index (χ4v) is 5.29. The van der Waals surface area contributed by atoms with Gasteiger partial charge in [-0.05, 0) is 80.1 Å². The number of hydrogen-bond donors (Lipinski definition) is 3. The quantitative estimate of drug-likeness (QED) is 0.182. The third-order valence-corrected chi connectivity index (χ3v) is 7.41. The number of thiocarbonyl (C=S) groups is 1. The number of rotatable bonds is 11. The Morgan fingerprint density at radius 1 is 1.02 bits per heavy atom. The fraction of sp³-hybridized carbons (Fsp3) is 0.303. The van der Waals surface area contributed by atoms with Crippen LogP contribution in [0.3, 0.4) is 0 Å². The number of piperidine rings is 1. The molecule has 1 aliphatic rings. The molecule has 1 amide bonds. The number of carbonyl (C=O) groups is 1. The highest BCUT2D eigenvalue weighted by atomic mass is 32.1. The van der Waals surface area contributed by atoms with Gasteiger partial charge >= 0.3 is 0 Å². The molecule has 9 nitrogen and oxygen atoms in total. The molecule has 0 spiro atoms. The second-order valence-corrected chi connectivity index (χ2v) is 11.1. The zero-order chi connectivity index (χ0) is 31.8. The minimum absolute atomic E-state index is 0.0341. The van der Waals surface area contributed by atoms with Crippen molar-refractivity contribution in [2.45, 2.75) is 31.8 Å². The molecule has 3 N–H and O–H groups in total. The molecule has 0 aliphatic carbocycles. The van der Waals surface area contributed by atoms with E-state index in [-0.39, 0.29) is 29.8 Å². The number of hydrogen-bond acceptors (Lipinski definition) is 8. The van der Waals surface area contributed by atoms with E-state index in [1.165, 1.54) is 49.9 Å². The molecule has 1 aromatic heterocycles. The molecule has 4 aromatic rings. The van der Waals surface area contributed by atoms with Gasteiger partial charge in [0.1, 0.15) is 18.5 Å². The highest BCUT2D eigenvalue weighted by Gasteiger charge is 2.17. The van der Waals surface area contributed by atoms with Crippen LogP contribution < -0.4 is 24.8 Å². The normalized spacial score (nSPS) is 14.0. The van der Waals surface area contributed by atoms with Crippen molar-refractivity contribution in [3.63, 3.8) is 0 Å². The van der Waals surface area contributed by atoms with E-state index in [1.807, 2.05) is 0 Å². The van der Waals surface area contributed by atoms with Gasteiger partial charge in [0.25, 0.3) is 0 Å². The molecule has 0 saturated carbocycles. The van der Waals surface area contributed by atoms with E-state index < -0.39 is 23.6 Å². The molecule has 12 heteroatoms. The van der Waals surface area contributed by atoms with Crippen LogP contribution in [-0.4, -0.2) is 65.5 Å². The van der Waals surface area contributed by atoms with E-state index in [0.29, 0.717) is 34.8 Å². The van der Waals surface area contributed by atoms with Crippen LogP contribution in [0.25, 0.3) is 10.9 Å². The SMILES string of the molecule is COc1cc2ccc(Oc3ccc(NC(=S)NC(=O)Cc4cccc(F)c4)cc3F)nc2cc1OCC(O)CN1CCCCC1. The summed E-state index contributed by atoms with van der Waals surface area (Å²) in [6.45, 7) is 2.60. The first-order valence-electron chi connectivity index (χ1n) is 14.6. The minimum Gasteiger partial charge on any atom is -0.493 e. The van der Waals surface area contributed by atoms with Gasteiger partial charge in [-0.25, -0.2) is 13.8 Å². The number of aliphatic hydroxyl groups excluding tert-OH is 1. The van der Waals surface area contributed by atoms with E-state index >= 15 is 0 Å². The lowest BCUT2D eigenvalue weighted by molar-refractivity contribution is -0.119. The number of aliphatic hydroxyl groups is 1. The van der Waals surface area contributed by atoms with Crippen LogP contribution in [0.5, 0.6) is 23.1 Å². The van der Waals surface area contributed by atoms with Crippen molar-refractivity contribution < 1.29 is 32.9 Å². The first kappa shape index (κ1) is 32.0. The molecule has 1 saturated heterocycles. The van der Waals surface area contributed by atoms with Crippen LogP contribution in [0.2, 0.25) is 0 Å². The molecule has 1 unspecified atom stereocenters. The third kappa shape index (κ3) is 9.07. The lowest BCUT2D eigenvalue weighted by atomic mass is 10.1. The number of amides is 1. The number of nitrogens with zero attached hydrogens (tertiary/aromatic N) is 2. The summed E-state index contributed by atoms with van der Waals surface area (Å²) in [5.74, 6) is -0.555. The Hall–Kier alpha value is -4.39. The van der Waals surface area contributed by atoms with Crippen LogP contribution in [0.15, 0.2) is 66.7 Å². The number of benzene rings is 3. The third-order valence-electron chi connectivity index (χ3n) is 7.21. The van der Waals surface area contributed by atoms with Crippen molar-refractivity contribution in [3.05, 3.63) is 83.9 Å². The van der Waals surface area contributed by atoms with E-state index in [9.17, 15) is 18.7 Å². The minimum atomic E-state index is -0.683. The highest BCUT2D eigenvalue weighted by molar-refractivity contribution is 7.80. The van der Waals surface area contributed by atoms with Crippen LogP contribution in [0.4, 0.5) is 14.5 Å². The number of aromatic nitrogens is 1. The van der Waals surface area contributed by atoms with Gasteiger partial charge < -0.3 is 34.9 Å². The topological polar surface area (TPSA) is 105 Å². The van der Waals surface area contributed by atoms with Crippen molar-refractivity contribution in [1.29, 1.82) is 0 Å². The van der Waals surface area contributed by atoms with Crippen molar-refractivity contribution in [1.82, 2.24) is 15.2 Å². The number of pyridine rings is 1. The predicted octanol–water partition coefficient (Wildman–Crippen LogP) is 5.60. The Kier molecular flexibility index (Phi) is 10.7. The van der Waals surface area contributed by atoms with Crippen molar-refractivity contribution >= 4 is 39.8 Å². The van der Waals surface area contributed by atoms with E-state index in [4.69, 9.17) is 26.4 Å². The molecule has 45 heavy (non-hydrogen) atoms. The van der Waals surface area contributed by atoms with Gasteiger partial charge in [-0.1, -0.05) is 18.6 Å². The van der Waals surface area contributed by atoms with Crippen molar-refractivity contribution in [2.75, 3.05) is 38.7 Å². The smallest absolute Gasteiger partial charge is 0.230 e. The van der Waals surface area contributed by atoms with Gasteiger partial charge in [0.15, 0.2) is 28.2 Å². The van der Waals surface area contributed by atoms with Gasteiger partial charge in [-0.3, -0.25) is 4.79 Å². The van der Waals surface area contributed by atoms with Crippen molar-refractivity contribution in [2.24, 2.45) is 0 Å². The molecule has 5 rings (SSSR count). The monoisotopic (exact) mass is 636 g/mol. The first-order chi connectivity index (χ1) is 21.7. The Balaban J connectivity index is 1.19. The Morgan fingerprint density at radius 3 is 2.60 bits per heavy atom. The van der Waals surface area contributed by atoms with Crippen LogP contribution in [0, 0.1) is 11.6 Å². The maximum absolute atomic E-state index is 15.0. The molecule has 236 valence electrons. The lowest BCUT2D eigenvalue weighted by Crippen LogP contribution is -2.38. The molecule has 3 aromatic carbocycles. The average molecular weight is 637 g/mol. The Morgan fingerprint density at radius 2 is 1.84 bits per heavy atom. The maximum atomic E-state index is 15.0. The summed E-state index contributed by atoms with van der Waals surface area (Å²) < 4.78 is 45.5. The van der Waals surface area contributed by atoms with Gasteiger partial charge in [-0.2, -0.15) is 0 Å². The average Bonchev–Trinajstić information content (AvgIpc) is 3.01. The highest BCUT2D eigenvalue weighted by Crippen LogP contribution is 2.34. The summed E-state index contributed by atoms with van der Waals surface area (Å²) in [5, 5.41) is 16.5. The van der Waals surface area contributed by atoms with Gasteiger partial charge in [0, 0.05) is 35.8 Å². The number of likely N-dealkylation sites (tertiary alicyclic amines) is 1. The van der Waals surface area contributed by atoms with E-state index in [2.05, 4.69) is 20.5 Å². The van der Waals surface area contributed by atoms with Crippen LogP contribution in [-0.2, 0) is 11.2 Å². The zero-order valence-electron chi connectivity index (χ0n) is 24.7. The number of methoxy groups -OCH3 is 1. The van der Waals surface area contributed by atoms with Crippen molar-refractivity contribution in [3.8, 4) is 23.1 Å². The number of β-amino-alcohol motifs (C(OH)–C–C–N with tert-alkyl or cyclic N) is 1. The number of fused-ring (bicyclic) bond motifs is 1. The standard InChI is InChI=1S/C33H34F2N4O5S/c1-42-29-16-22-8-11-32(37-27(22)18-30(29)43-20-25(40)19-39-12-3-2-4-13-39)44-28-10-9-24(17-26(28)35)36-33(45)38-31(41)15-21-6-5-7-23(34)14-21/h5-11,14,16-18,25,40H,2-4,12-13,15,19-20H2,1H3,(H2,36,38,41,45). The lowest BCUT2D eigenvalue weighted by Gasteiger charge is -2.28. The number of nitrogens with one attached hydrogen (secondary N) is 2. The molecule has 0 radical (unpaired) electrons. The van der Waals surface area contributed by atoms with E-state index in [0.717, 1.165) is 31.3 Å². The summed E-state index contributed by atoms with van der Waals surface area (Å²) in [4.78, 5) is 19.0. The molecule has 1 fully saturated rings. The number of anilines is 1. The summed E-state index contributed by atoms with van der Waals surface area (Å²) in [7, 11) is 1.54. The Labute approximate surface area is 265 Å². The maximum Gasteiger partial charge on any atom is 0.230 e. The Bertz CT molecular complexity index is 1670. The second-order valence-electron chi connectivity index (χ2n) is 10.7. The number of carbonyl (C=O) groups excluding carboxylic acids is 1. The molecule has 1 aliphatic heterocycles. The zero-order valence-corrected chi connectivity index (χ0v) is 25.5. The predicted molar refractivity (Wildman–Crippen MR) is 171 cm³/mol. The molecular formula is C33H34F2N4O5S. The molecular weight excluding hydrogens is 602 g/mol. The molecule has 2 heterocycles. The van der Waals surface area contributed by atoms with Gasteiger partial charge in [0.2, 0.25) is 11.8 Å².